The SMILES string of the molecule is c1ccc(-c2nc(-c3ccccc3)nc(-n3c4ccccc4c4cc5c(cc43)c3cc4c(cc3n5C[n+]3[n-]c(-c5ccccc5)nc3-c3ccccc3)c3cc5c(cc3n4-c3nc(-c4ccccc4)nc(-c4ccccc4)n3)c3cc4c(cc3n5-c3nc(-c5ccccc5)nc(-c5ccccc5)n3)c3ccccc3n4-c3nc(-c4ccccc4)nc(-c4ccccc4)n3)n2)cc1. The lowest BCUT2D eigenvalue weighted by Crippen LogP contribution is -2.42. The van der Waals surface area contributed by atoms with E-state index in [4.69, 9.17) is 69.9 Å². The highest BCUT2D eigenvalue weighted by molar-refractivity contribution is 6.26. The van der Waals surface area contributed by atoms with Gasteiger partial charge in [-0.05, 0) is 72.1 Å². The van der Waals surface area contributed by atoms with E-state index in [2.05, 4.69) is 181 Å². The first-order chi connectivity index (χ1) is 64.9. The van der Waals surface area contributed by atoms with Crippen molar-refractivity contribution in [3.05, 3.63) is 400 Å². The molecule has 612 valence electrons. The molecule has 20 heteroatoms. The number of fused-ring (bicyclic) bond motifs is 15. The Morgan fingerprint density at radius 2 is 0.374 bits per heavy atom. The van der Waals surface area contributed by atoms with Gasteiger partial charge in [-0.25, -0.2) is 24.6 Å². The van der Waals surface area contributed by atoms with Gasteiger partial charge in [0.15, 0.2) is 53.3 Å². The smallest absolute Gasteiger partial charge is 0.238 e. The average molecular weight is 1680 g/mol. The van der Waals surface area contributed by atoms with Crippen LogP contribution >= 0.6 is 0 Å². The zero-order valence-corrected chi connectivity index (χ0v) is 69.8. The highest BCUT2D eigenvalue weighted by atomic mass is 15.4. The van der Waals surface area contributed by atoms with E-state index in [1.807, 2.05) is 247 Å². The van der Waals surface area contributed by atoms with Crippen LogP contribution in [0, 0.1) is 0 Å². The van der Waals surface area contributed by atoms with E-state index in [-0.39, 0.29) is 6.67 Å². The lowest BCUT2D eigenvalue weighted by molar-refractivity contribution is -0.748. The molecule has 20 nitrogen and oxygen atoms in total. The number of para-hydroxylation sites is 2. The Morgan fingerprint density at radius 1 is 0.176 bits per heavy atom. The van der Waals surface area contributed by atoms with Gasteiger partial charge in [-0.15, -0.1) is 0 Å². The van der Waals surface area contributed by atoms with Crippen LogP contribution in [0.15, 0.2) is 400 Å². The molecule has 26 rings (SSSR count). The summed E-state index contributed by atoms with van der Waals surface area (Å²) in [6.45, 7) is 0.225. The fraction of sp³-hybridized carbons (Fsp3) is 0.00901. The third kappa shape index (κ3) is 12.5. The van der Waals surface area contributed by atoms with Gasteiger partial charge >= 0.3 is 0 Å². The third-order valence-electron chi connectivity index (χ3n) is 24.8. The summed E-state index contributed by atoms with van der Waals surface area (Å²) in [7, 11) is 0. The number of aromatic nitrogens is 20. The second-order valence-corrected chi connectivity index (χ2v) is 32.5. The molecule has 0 radical (unpaired) electrons. The molecule has 0 saturated carbocycles. The molecule has 0 aliphatic heterocycles. The van der Waals surface area contributed by atoms with Gasteiger partial charge in [0.25, 0.3) is 0 Å². The lowest BCUT2D eigenvalue weighted by atomic mass is 10.1. The second-order valence-electron chi connectivity index (χ2n) is 32.5. The first-order valence-corrected chi connectivity index (χ1v) is 43.4. The highest BCUT2D eigenvalue weighted by Crippen LogP contribution is 2.47. The monoisotopic (exact) mass is 1680 g/mol. The van der Waals surface area contributed by atoms with E-state index >= 15 is 0 Å². The molecule has 0 aliphatic carbocycles. The van der Waals surface area contributed by atoms with E-state index in [0.717, 1.165) is 165 Å². The minimum absolute atomic E-state index is 0.225. The van der Waals surface area contributed by atoms with Crippen molar-refractivity contribution in [1.82, 2.24) is 92.7 Å². The van der Waals surface area contributed by atoms with Crippen LogP contribution in [-0.4, -0.2) is 87.6 Å². The van der Waals surface area contributed by atoms with Crippen molar-refractivity contribution in [2.24, 2.45) is 0 Å². The topological polar surface area (TPSA) is 210 Å². The van der Waals surface area contributed by atoms with E-state index in [0.29, 0.717) is 82.0 Å². The molecule has 0 fully saturated rings. The predicted octanol–water partition coefficient (Wildman–Crippen LogP) is 23.7. The van der Waals surface area contributed by atoms with Crippen LogP contribution in [0.25, 0.3) is 247 Å². The molecule has 10 aromatic heterocycles. The molecule has 0 amide bonds. The van der Waals surface area contributed by atoms with Crippen LogP contribution in [-0.2, 0) is 6.67 Å². The van der Waals surface area contributed by atoms with Gasteiger partial charge in [0.1, 0.15) is 5.82 Å². The Bertz CT molecular complexity index is 8790. The molecule has 0 aliphatic rings. The molecule has 10 heterocycles. The number of nitrogens with zero attached hydrogens (tertiary/aromatic N) is 20. The number of hydrogen-bond donors (Lipinski definition) is 0. The lowest BCUT2D eigenvalue weighted by Gasteiger charge is -2.12. The van der Waals surface area contributed by atoms with Crippen molar-refractivity contribution < 1.29 is 4.68 Å². The summed E-state index contributed by atoms with van der Waals surface area (Å²) in [6, 6.07) is 137. The molecular formula is C111H68N20. The minimum Gasteiger partial charge on any atom is -0.397 e. The van der Waals surface area contributed by atoms with Crippen molar-refractivity contribution in [3.63, 3.8) is 0 Å². The molecule has 0 atom stereocenters. The van der Waals surface area contributed by atoms with Crippen molar-refractivity contribution in [2.45, 2.75) is 6.67 Å². The molecular weight excluding hydrogens is 1610 g/mol. The maximum Gasteiger partial charge on any atom is 0.238 e. The van der Waals surface area contributed by atoms with Crippen molar-refractivity contribution in [1.29, 1.82) is 0 Å². The van der Waals surface area contributed by atoms with Gasteiger partial charge < -0.3 is 9.55 Å². The van der Waals surface area contributed by atoms with Gasteiger partial charge in [0.05, 0.1) is 55.2 Å². The zero-order chi connectivity index (χ0) is 86.1. The van der Waals surface area contributed by atoms with Crippen molar-refractivity contribution in [2.75, 3.05) is 0 Å². The van der Waals surface area contributed by atoms with Crippen molar-refractivity contribution >= 4 is 109 Å². The van der Waals surface area contributed by atoms with E-state index < -0.39 is 0 Å². The standard InChI is InChI=1S/C111H68N20/c1-11-35-68(36-12-1)98-112-99(69-37-13-2-14-38-69)118-108(117-98)128-88-57-33-31-55-78(88)80-59-90-82(62-92(80)128)83-63-95-84(60-91(83)126(90)67-127-107(77-53-29-10-30-54-77)116-106(125-127)76-51-27-9-28-52-76)85-65-97-87(66-96(85)131(95)111-123-104(74-47-23-7-24-48-74)115-105(124-111)75-49-25-8-26-50-75)86-64-93-81(61-94(86)130(97)110-121-102(72-43-19-5-20-44-72)114-103(122-110)73-45-21-6-22-46-73)79-56-32-34-58-89(79)129(93)109-119-100(70-39-15-3-16-40-70)113-101(120-109)71-41-17-4-18-42-71/h1-66H,67H2. The maximum atomic E-state index is 5.69. The number of hydrogen-bond acceptors (Lipinski definition) is 13. The van der Waals surface area contributed by atoms with Crippen LogP contribution in [0.2, 0.25) is 0 Å². The summed E-state index contributed by atoms with van der Waals surface area (Å²) in [5.74, 6) is 7.17. The Hall–Kier alpha value is -18.3. The molecule has 26 aromatic rings. The van der Waals surface area contributed by atoms with Crippen LogP contribution < -0.4 is 9.78 Å². The number of rotatable bonds is 16. The van der Waals surface area contributed by atoms with E-state index in [9.17, 15) is 0 Å². The van der Waals surface area contributed by atoms with Gasteiger partial charge in [0.2, 0.25) is 23.8 Å². The quantitative estimate of drug-likeness (QED) is 0.0824. The Morgan fingerprint density at radius 3 is 0.634 bits per heavy atom. The van der Waals surface area contributed by atoms with Gasteiger partial charge in [0, 0.05) is 104 Å². The molecule has 16 aromatic carbocycles. The second kappa shape index (κ2) is 30.3. The average Bonchev–Trinajstić information content (AvgIpc) is 1.53. The van der Waals surface area contributed by atoms with Gasteiger partial charge in [-0.1, -0.05) is 340 Å². The van der Waals surface area contributed by atoms with Gasteiger partial charge in [-0.2, -0.15) is 39.9 Å². The molecule has 0 unspecified atom stereocenters. The summed E-state index contributed by atoms with van der Waals surface area (Å²) in [5.41, 5.74) is 17.2. The van der Waals surface area contributed by atoms with Crippen molar-refractivity contribution in [3.8, 4) is 138 Å². The molecule has 0 spiro atoms. The van der Waals surface area contributed by atoms with E-state index in [1.54, 1.807) is 0 Å². The highest BCUT2D eigenvalue weighted by Gasteiger charge is 2.30. The predicted molar refractivity (Wildman–Crippen MR) is 518 cm³/mol. The molecule has 0 saturated heterocycles. The van der Waals surface area contributed by atoms with Crippen LogP contribution in [0.3, 0.4) is 0 Å². The normalized spacial score (nSPS) is 11.8. The third-order valence-corrected chi connectivity index (χ3v) is 24.8. The Balaban J connectivity index is 0.819. The summed E-state index contributed by atoms with van der Waals surface area (Å²) in [4.78, 5) is 70.9. The van der Waals surface area contributed by atoms with Gasteiger partial charge in [-0.3, -0.25) is 23.4 Å². The van der Waals surface area contributed by atoms with E-state index in [1.165, 1.54) is 0 Å². The fourth-order valence-electron chi connectivity index (χ4n) is 18.7. The first-order valence-electron chi connectivity index (χ1n) is 43.4. The molecule has 131 heavy (non-hydrogen) atoms. The summed E-state index contributed by atoms with van der Waals surface area (Å²) < 4.78 is 13.3. The maximum absolute atomic E-state index is 5.69. The Kier molecular flexibility index (Phi) is 17.1. The van der Waals surface area contributed by atoms with Crippen LogP contribution in [0.4, 0.5) is 0 Å². The van der Waals surface area contributed by atoms with Crippen LogP contribution in [0.5, 0.6) is 0 Å². The number of benzene rings is 16. The summed E-state index contributed by atoms with van der Waals surface area (Å²) in [5, 5.41) is 14.8. The molecule has 0 bridgehead atoms. The van der Waals surface area contributed by atoms with Crippen LogP contribution in [0.1, 0.15) is 0 Å². The fourth-order valence-corrected chi connectivity index (χ4v) is 18.7. The largest absolute Gasteiger partial charge is 0.397 e. The first kappa shape index (κ1) is 74.2. The Labute approximate surface area is 746 Å². The summed E-state index contributed by atoms with van der Waals surface area (Å²) >= 11 is 0. The zero-order valence-electron chi connectivity index (χ0n) is 69.8. The minimum atomic E-state index is 0.225. The summed E-state index contributed by atoms with van der Waals surface area (Å²) in [6.07, 6.45) is 0. The molecule has 0 N–H and O–H groups in total.